The fraction of sp³-hybridized carbons (Fsp3) is 0.231. The number of esters is 4. The second kappa shape index (κ2) is 17.7. The minimum absolute atomic E-state index is 0.231. The number of ether oxygens (including phenoxy) is 5. The maximum atomic E-state index is 13.2. The van der Waals surface area contributed by atoms with Crippen LogP contribution >= 0.6 is 0 Å². The second-order valence-electron chi connectivity index (χ2n) is 16.2. The molecule has 0 aliphatic heterocycles. The lowest BCUT2D eigenvalue weighted by Gasteiger charge is -2.27. The first-order valence-corrected chi connectivity index (χ1v) is 19.9. The van der Waals surface area contributed by atoms with E-state index in [1.165, 1.54) is 13.2 Å². The summed E-state index contributed by atoms with van der Waals surface area (Å²) in [5.74, 6) is -0.125. The summed E-state index contributed by atoms with van der Waals surface area (Å²) in [4.78, 5) is 51.3. The van der Waals surface area contributed by atoms with Gasteiger partial charge in [0.05, 0.1) is 36.5 Å². The van der Waals surface area contributed by atoms with Crippen LogP contribution in [-0.2, 0) is 15.6 Å². The Balaban J connectivity index is 1.08. The number of aryl methyl sites for hydroxylation is 4. The summed E-state index contributed by atoms with van der Waals surface area (Å²) >= 11 is 0. The molecule has 0 heterocycles. The Bertz CT molecular complexity index is 2650. The number of carbonyl (C=O) groups excluding carboxylic acids is 4. The Kier molecular flexibility index (Phi) is 12.6. The van der Waals surface area contributed by atoms with E-state index >= 15 is 0 Å². The minimum atomic E-state index is -0.589. The molecule has 0 radical (unpaired) electrons. The zero-order valence-electron chi connectivity index (χ0n) is 36.2. The van der Waals surface area contributed by atoms with Crippen molar-refractivity contribution in [3.63, 3.8) is 0 Å². The van der Waals surface area contributed by atoms with Gasteiger partial charge in [-0.3, -0.25) is 0 Å². The first-order valence-electron chi connectivity index (χ1n) is 19.9. The molecule has 6 aromatic carbocycles. The second-order valence-corrected chi connectivity index (χ2v) is 16.2. The fourth-order valence-corrected chi connectivity index (χ4v) is 7.17. The molecule has 6 rings (SSSR count). The van der Waals surface area contributed by atoms with E-state index in [1.54, 1.807) is 61.7 Å². The van der Waals surface area contributed by atoms with Crippen molar-refractivity contribution in [3.8, 4) is 23.0 Å². The molecule has 0 N–H and O–H groups in total. The van der Waals surface area contributed by atoms with E-state index in [9.17, 15) is 19.2 Å². The Labute approximate surface area is 357 Å². The molecule has 0 unspecified atom stereocenters. The quantitative estimate of drug-likeness (QED) is 0.0879. The highest BCUT2D eigenvalue weighted by atomic mass is 16.5. The van der Waals surface area contributed by atoms with Crippen molar-refractivity contribution in [2.45, 2.75) is 66.2 Å². The molecule has 6 aromatic rings. The average molecular weight is 819 g/mol. The highest BCUT2D eigenvalue weighted by molar-refractivity contribution is 5.96. The molecule has 9 heteroatoms. The van der Waals surface area contributed by atoms with E-state index in [1.807, 2.05) is 76.2 Å². The lowest BCUT2D eigenvalue weighted by Crippen LogP contribution is -2.20. The highest BCUT2D eigenvalue weighted by Gasteiger charge is 2.27. The fourth-order valence-electron chi connectivity index (χ4n) is 7.17. The van der Waals surface area contributed by atoms with Crippen molar-refractivity contribution in [3.05, 3.63) is 188 Å². The predicted molar refractivity (Wildman–Crippen MR) is 235 cm³/mol. The van der Waals surface area contributed by atoms with Crippen LogP contribution in [-0.4, -0.2) is 38.1 Å². The van der Waals surface area contributed by atoms with Crippen molar-refractivity contribution in [1.82, 2.24) is 0 Å². The summed E-state index contributed by atoms with van der Waals surface area (Å²) in [7, 11) is 2.95. The molecule has 0 aromatic heterocycles. The van der Waals surface area contributed by atoms with Gasteiger partial charge in [0.1, 0.15) is 23.0 Å². The SMILES string of the molecule is COC(=O)c1cccc(C(=O)Oc2ccc(C(C)(C)c3ccc(OC(=O)c4ccc(C(=O)Oc5ccc(C(C)(C)c6ccc(OC)c(C)c6)cc5C)cc4)c(C)c3)cc2C)c1. The highest BCUT2D eigenvalue weighted by Crippen LogP contribution is 2.38. The van der Waals surface area contributed by atoms with Crippen LogP contribution in [0, 0.1) is 27.7 Å². The maximum absolute atomic E-state index is 13.2. The van der Waals surface area contributed by atoms with Crippen LogP contribution < -0.4 is 18.9 Å². The Hall–Kier alpha value is -7.00. The molecule has 9 nitrogen and oxygen atoms in total. The summed E-state index contributed by atoms with van der Waals surface area (Å²) in [6.45, 7) is 16.2. The van der Waals surface area contributed by atoms with E-state index in [0.717, 1.165) is 50.3 Å². The zero-order chi connectivity index (χ0) is 44.2. The van der Waals surface area contributed by atoms with Gasteiger partial charge in [-0.25, -0.2) is 19.2 Å². The van der Waals surface area contributed by atoms with Crippen molar-refractivity contribution >= 4 is 23.9 Å². The summed E-state index contributed by atoms with van der Waals surface area (Å²) in [5, 5.41) is 0. The van der Waals surface area contributed by atoms with Gasteiger partial charge in [0.2, 0.25) is 0 Å². The largest absolute Gasteiger partial charge is 0.496 e. The molecule has 0 aliphatic carbocycles. The van der Waals surface area contributed by atoms with Gasteiger partial charge in [-0.1, -0.05) is 82.3 Å². The van der Waals surface area contributed by atoms with Crippen LogP contribution in [0.4, 0.5) is 0 Å². The average Bonchev–Trinajstić information content (AvgIpc) is 3.25. The van der Waals surface area contributed by atoms with Gasteiger partial charge in [0, 0.05) is 10.8 Å². The van der Waals surface area contributed by atoms with Gasteiger partial charge < -0.3 is 23.7 Å². The van der Waals surface area contributed by atoms with E-state index in [0.29, 0.717) is 22.8 Å². The summed E-state index contributed by atoms with van der Waals surface area (Å²) in [6.07, 6.45) is 0. The van der Waals surface area contributed by atoms with Crippen molar-refractivity contribution in [1.29, 1.82) is 0 Å². The zero-order valence-corrected chi connectivity index (χ0v) is 36.2. The van der Waals surface area contributed by atoms with Gasteiger partial charge in [-0.05, 0) is 139 Å². The normalized spacial score (nSPS) is 11.4. The Morgan fingerprint density at radius 2 is 0.689 bits per heavy atom. The molecular weight excluding hydrogens is 769 g/mol. The number of carbonyl (C=O) groups is 4. The van der Waals surface area contributed by atoms with Crippen molar-refractivity contribution < 1.29 is 42.9 Å². The lowest BCUT2D eigenvalue weighted by atomic mass is 9.77. The number of rotatable bonds is 12. The van der Waals surface area contributed by atoms with Gasteiger partial charge >= 0.3 is 23.9 Å². The molecular formula is C52H50O9. The third kappa shape index (κ3) is 9.42. The first-order chi connectivity index (χ1) is 28.9. The predicted octanol–water partition coefficient (Wildman–Crippen LogP) is 11.0. The smallest absolute Gasteiger partial charge is 0.343 e. The third-order valence-corrected chi connectivity index (χ3v) is 11.3. The van der Waals surface area contributed by atoms with Gasteiger partial charge in [-0.15, -0.1) is 0 Å². The van der Waals surface area contributed by atoms with Crippen LogP contribution in [0.15, 0.2) is 121 Å². The lowest BCUT2D eigenvalue weighted by molar-refractivity contribution is 0.0599. The number of hydrogen-bond acceptors (Lipinski definition) is 9. The molecule has 0 saturated heterocycles. The number of benzene rings is 6. The third-order valence-electron chi connectivity index (χ3n) is 11.3. The van der Waals surface area contributed by atoms with Gasteiger partial charge in [0.15, 0.2) is 0 Å². The monoisotopic (exact) mass is 818 g/mol. The molecule has 0 spiro atoms. The molecule has 0 bridgehead atoms. The standard InChI is InChI=1S/C52H50O9/c1-31-26-39(18-22-43(31)57-9)51(5,6)40-19-23-44(32(2)27-40)59-48(54)35-14-16-36(17-15-35)49(55)60-45-24-20-41(28-33(45)3)52(7,8)42-21-25-46(34(4)29-42)61-50(56)38-13-11-12-37(30-38)47(53)58-10/h11-30H,1-10H3. The van der Waals surface area contributed by atoms with Crippen LogP contribution in [0.25, 0.3) is 0 Å². The minimum Gasteiger partial charge on any atom is -0.496 e. The van der Waals surface area contributed by atoms with Gasteiger partial charge in [-0.2, -0.15) is 0 Å². The van der Waals surface area contributed by atoms with Crippen molar-refractivity contribution in [2.24, 2.45) is 0 Å². The number of hydrogen-bond donors (Lipinski definition) is 0. The van der Waals surface area contributed by atoms with E-state index < -0.39 is 29.3 Å². The topological polar surface area (TPSA) is 114 Å². The van der Waals surface area contributed by atoms with E-state index in [2.05, 4.69) is 39.8 Å². The Morgan fingerprint density at radius 3 is 1.00 bits per heavy atom. The molecule has 0 amide bonds. The van der Waals surface area contributed by atoms with Crippen molar-refractivity contribution in [2.75, 3.05) is 14.2 Å². The van der Waals surface area contributed by atoms with Crippen LogP contribution in [0.2, 0.25) is 0 Å². The summed E-state index contributed by atoms with van der Waals surface area (Å²) in [5.41, 5.74) is 7.89. The van der Waals surface area contributed by atoms with Gasteiger partial charge in [0.25, 0.3) is 0 Å². The van der Waals surface area contributed by atoms with E-state index in [-0.39, 0.29) is 22.1 Å². The molecule has 0 atom stereocenters. The molecule has 0 saturated carbocycles. The summed E-state index contributed by atoms with van der Waals surface area (Å²) in [6, 6.07) is 35.7. The Morgan fingerprint density at radius 1 is 0.377 bits per heavy atom. The van der Waals surface area contributed by atoms with E-state index in [4.69, 9.17) is 23.7 Å². The first kappa shape index (κ1) is 43.6. The summed E-state index contributed by atoms with van der Waals surface area (Å²) < 4.78 is 27.5. The van der Waals surface area contributed by atoms with Crippen LogP contribution in [0.3, 0.4) is 0 Å². The van der Waals surface area contributed by atoms with Crippen LogP contribution in [0.1, 0.15) is 114 Å². The molecule has 0 fully saturated rings. The molecule has 312 valence electrons. The molecule has 0 aliphatic rings. The van der Waals surface area contributed by atoms with Crippen LogP contribution in [0.5, 0.6) is 23.0 Å². The molecule has 61 heavy (non-hydrogen) atoms. The number of methoxy groups -OCH3 is 2. The maximum Gasteiger partial charge on any atom is 0.343 e.